The maximum Gasteiger partial charge on any atom is 0.234 e. The summed E-state index contributed by atoms with van der Waals surface area (Å²) < 4.78 is 0. The second kappa shape index (κ2) is 10.00. The van der Waals surface area contributed by atoms with Crippen LogP contribution >= 0.6 is 34.4 Å². The molecule has 4 heterocycles. The monoisotopic (exact) mass is 442 g/mol. The van der Waals surface area contributed by atoms with Crippen LogP contribution < -0.4 is 10.2 Å². The fraction of sp³-hybridized carbons (Fsp3) is 0.300. The van der Waals surface area contributed by atoms with Crippen molar-refractivity contribution in [3.8, 4) is 9.75 Å². The topological polar surface area (TPSA) is 66.8 Å². The molecule has 0 radical (unpaired) electrons. The Balaban J connectivity index is 1.54. The first-order chi connectivity index (χ1) is 14.3. The van der Waals surface area contributed by atoms with Crippen LogP contribution in [0.1, 0.15) is 26.2 Å². The van der Waals surface area contributed by atoms with E-state index in [1.54, 1.807) is 22.7 Å². The number of hydrogen-bond donors (Lipinski definition) is 1. The zero-order valence-corrected chi connectivity index (χ0v) is 18.6. The van der Waals surface area contributed by atoms with Crippen LogP contribution in [0.25, 0.3) is 9.75 Å². The summed E-state index contributed by atoms with van der Waals surface area (Å²) >= 11 is 4.81. The van der Waals surface area contributed by atoms with Crippen molar-refractivity contribution in [3.63, 3.8) is 0 Å². The van der Waals surface area contributed by atoms with Gasteiger partial charge in [0.15, 0.2) is 10.3 Å². The van der Waals surface area contributed by atoms with E-state index in [4.69, 9.17) is 0 Å². The van der Waals surface area contributed by atoms with Crippen LogP contribution in [0.5, 0.6) is 0 Å². The van der Waals surface area contributed by atoms with Crippen LogP contribution in [0.3, 0.4) is 0 Å². The molecule has 1 saturated heterocycles. The molecule has 1 N–H and O–H groups in total. The number of nitrogens with zero attached hydrogens (tertiary/aromatic N) is 5. The lowest BCUT2D eigenvalue weighted by molar-refractivity contribution is 0.833. The van der Waals surface area contributed by atoms with Crippen LogP contribution in [-0.4, -0.2) is 33.0 Å². The summed E-state index contributed by atoms with van der Waals surface area (Å²) in [5.41, 5.74) is 0. The molecule has 1 fully saturated rings. The molecular weight excluding hydrogens is 420 g/mol. The first kappa shape index (κ1) is 20.1. The van der Waals surface area contributed by atoms with Crippen LogP contribution in [0, 0.1) is 0 Å². The van der Waals surface area contributed by atoms with Gasteiger partial charge in [-0.25, -0.2) is 4.98 Å². The van der Waals surface area contributed by atoms with Gasteiger partial charge in [0.05, 0.1) is 4.88 Å². The molecule has 3 aromatic heterocycles. The number of aromatic nitrogens is 4. The molecule has 3 aromatic rings. The normalized spacial score (nSPS) is 14.4. The van der Waals surface area contributed by atoms with Crippen molar-refractivity contribution in [2.45, 2.75) is 31.3 Å². The highest BCUT2D eigenvalue weighted by atomic mass is 32.2. The van der Waals surface area contributed by atoms with Crippen molar-refractivity contribution in [2.24, 2.45) is 0 Å². The van der Waals surface area contributed by atoms with E-state index in [1.807, 2.05) is 29.8 Å². The zero-order chi connectivity index (χ0) is 19.9. The second-order valence-electron chi connectivity index (χ2n) is 6.35. The maximum atomic E-state index is 4.66. The number of allylic oxidation sites excluding steroid dienone is 3. The van der Waals surface area contributed by atoms with Crippen molar-refractivity contribution in [1.29, 1.82) is 0 Å². The summed E-state index contributed by atoms with van der Waals surface area (Å²) in [4.78, 5) is 23.0. The second-order valence-corrected chi connectivity index (χ2v) is 9.20. The van der Waals surface area contributed by atoms with Crippen molar-refractivity contribution in [1.82, 2.24) is 19.9 Å². The standard InChI is InChI=1S/C20H22N6S3/c1-2-3-4-7-12-28-20-24-17(22-18(25-20)26-10-5-6-11-26)23-19-21-14-16(29-19)15-9-8-13-27-15/h3-4,7-9,12-14H,2,5-6,10-11H2,1H3,(H,21,22,23,24,25). The van der Waals surface area contributed by atoms with Crippen molar-refractivity contribution in [2.75, 3.05) is 23.3 Å². The van der Waals surface area contributed by atoms with Gasteiger partial charge in [-0.2, -0.15) is 15.0 Å². The van der Waals surface area contributed by atoms with E-state index < -0.39 is 0 Å². The third-order valence-electron chi connectivity index (χ3n) is 4.22. The summed E-state index contributed by atoms with van der Waals surface area (Å²) in [5, 5.41) is 8.81. The maximum absolute atomic E-state index is 4.66. The third-order valence-corrected chi connectivity index (χ3v) is 6.88. The highest BCUT2D eigenvalue weighted by molar-refractivity contribution is 8.02. The Kier molecular flexibility index (Phi) is 6.91. The SMILES string of the molecule is CCC=CC=CSc1nc(Nc2ncc(-c3cccs3)s2)nc(N2CCCC2)n1. The van der Waals surface area contributed by atoms with E-state index in [0.29, 0.717) is 11.1 Å². The molecule has 0 atom stereocenters. The third kappa shape index (κ3) is 5.43. The first-order valence-electron chi connectivity index (χ1n) is 9.58. The summed E-state index contributed by atoms with van der Waals surface area (Å²) in [6, 6.07) is 4.15. The minimum Gasteiger partial charge on any atom is -0.341 e. The smallest absolute Gasteiger partial charge is 0.234 e. The van der Waals surface area contributed by atoms with E-state index >= 15 is 0 Å². The predicted molar refractivity (Wildman–Crippen MR) is 124 cm³/mol. The molecule has 1 aliphatic heterocycles. The first-order valence-corrected chi connectivity index (χ1v) is 12.2. The largest absolute Gasteiger partial charge is 0.341 e. The molecular formula is C20H22N6S3. The molecule has 0 amide bonds. The minimum atomic E-state index is 0.536. The number of anilines is 3. The van der Waals surface area contributed by atoms with Gasteiger partial charge in [0.1, 0.15) is 0 Å². The molecule has 0 spiro atoms. The highest BCUT2D eigenvalue weighted by Gasteiger charge is 2.18. The number of thioether (sulfide) groups is 1. The Bertz CT molecular complexity index is 974. The molecule has 0 bridgehead atoms. The van der Waals surface area contributed by atoms with Gasteiger partial charge in [-0.05, 0) is 36.1 Å². The molecule has 0 saturated carbocycles. The molecule has 150 valence electrons. The lowest BCUT2D eigenvalue weighted by atomic mass is 10.4. The van der Waals surface area contributed by atoms with Gasteiger partial charge in [-0.3, -0.25) is 5.32 Å². The lowest BCUT2D eigenvalue weighted by Crippen LogP contribution is -2.21. The zero-order valence-electron chi connectivity index (χ0n) is 16.1. The van der Waals surface area contributed by atoms with E-state index in [1.165, 1.54) is 29.5 Å². The van der Waals surface area contributed by atoms with E-state index in [9.17, 15) is 0 Å². The van der Waals surface area contributed by atoms with E-state index in [-0.39, 0.29) is 0 Å². The summed E-state index contributed by atoms with van der Waals surface area (Å²) in [6.45, 7) is 4.09. The molecule has 0 unspecified atom stereocenters. The van der Waals surface area contributed by atoms with Gasteiger partial charge >= 0.3 is 0 Å². The number of rotatable bonds is 8. The Labute approximate surface area is 182 Å². The number of nitrogens with one attached hydrogen (secondary N) is 1. The molecule has 0 aliphatic carbocycles. The summed E-state index contributed by atoms with van der Waals surface area (Å²) in [6.07, 6.45) is 11.4. The average molecular weight is 443 g/mol. The van der Waals surface area contributed by atoms with Crippen LogP contribution in [0.2, 0.25) is 0 Å². The average Bonchev–Trinajstić information content (AvgIpc) is 3.49. The molecule has 4 rings (SSSR count). The molecule has 1 aliphatic rings. The van der Waals surface area contributed by atoms with Gasteiger partial charge in [0.25, 0.3) is 0 Å². The van der Waals surface area contributed by atoms with Crippen molar-refractivity contribution >= 4 is 51.5 Å². The van der Waals surface area contributed by atoms with Gasteiger partial charge in [0, 0.05) is 24.2 Å². The summed E-state index contributed by atoms with van der Waals surface area (Å²) in [7, 11) is 0. The predicted octanol–water partition coefficient (Wildman–Crippen LogP) is 5.97. The Hall–Kier alpha value is -2.23. The van der Waals surface area contributed by atoms with Gasteiger partial charge < -0.3 is 4.90 Å². The molecule has 29 heavy (non-hydrogen) atoms. The Morgan fingerprint density at radius 3 is 2.86 bits per heavy atom. The fourth-order valence-electron chi connectivity index (χ4n) is 2.83. The Morgan fingerprint density at radius 2 is 2.07 bits per heavy atom. The number of thiophene rings is 1. The van der Waals surface area contributed by atoms with Gasteiger partial charge in [-0.1, -0.05) is 54.3 Å². The lowest BCUT2D eigenvalue weighted by Gasteiger charge is -2.16. The number of hydrogen-bond acceptors (Lipinski definition) is 9. The fourth-order valence-corrected chi connectivity index (χ4v) is 5.03. The summed E-state index contributed by atoms with van der Waals surface area (Å²) in [5.74, 6) is 1.27. The van der Waals surface area contributed by atoms with Gasteiger partial charge in [0.2, 0.25) is 11.9 Å². The molecule has 9 heteroatoms. The van der Waals surface area contributed by atoms with Crippen LogP contribution in [-0.2, 0) is 0 Å². The van der Waals surface area contributed by atoms with Crippen LogP contribution in [0.15, 0.2) is 52.5 Å². The van der Waals surface area contributed by atoms with E-state index in [0.717, 1.165) is 35.5 Å². The van der Waals surface area contributed by atoms with Crippen LogP contribution in [0.4, 0.5) is 17.0 Å². The number of thiazole rings is 1. The Morgan fingerprint density at radius 1 is 1.17 bits per heavy atom. The van der Waals surface area contributed by atoms with Crippen molar-refractivity contribution in [3.05, 3.63) is 47.3 Å². The van der Waals surface area contributed by atoms with Crippen molar-refractivity contribution < 1.29 is 0 Å². The minimum absolute atomic E-state index is 0.536. The molecule has 6 nitrogen and oxygen atoms in total. The van der Waals surface area contributed by atoms with E-state index in [2.05, 4.69) is 54.6 Å². The van der Waals surface area contributed by atoms with Gasteiger partial charge in [-0.15, -0.1) is 11.3 Å². The quantitative estimate of drug-likeness (QED) is 0.340. The highest BCUT2D eigenvalue weighted by Crippen LogP contribution is 2.33. The molecule has 0 aromatic carbocycles.